The van der Waals surface area contributed by atoms with Crippen LogP contribution in [-0.4, -0.2) is 12.2 Å². The highest BCUT2D eigenvalue weighted by molar-refractivity contribution is 6.31. The van der Waals surface area contributed by atoms with Gasteiger partial charge in [0, 0.05) is 23.2 Å². The molecular formula is C15H13ClN2O2. The van der Waals surface area contributed by atoms with Gasteiger partial charge in [-0.05, 0) is 24.3 Å². The fraction of sp³-hybridized carbons (Fsp3) is 0.133. The number of nitrogens with one attached hydrogen (secondary N) is 1. The molecule has 0 fully saturated rings. The molecule has 2 aromatic rings. The first kappa shape index (κ1) is 14.0. The fourth-order valence-electron chi connectivity index (χ4n) is 1.81. The Balaban J connectivity index is 2.21. The molecule has 0 spiro atoms. The van der Waals surface area contributed by atoms with Gasteiger partial charge < -0.3 is 15.2 Å². The predicted molar refractivity (Wildman–Crippen MR) is 78.2 cm³/mol. The van der Waals surface area contributed by atoms with Gasteiger partial charge in [0.25, 0.3) is 0 Å². The van der Waals surface area contributed by atoms with Crippen LogP contribution in [0.25, 0.3) is 0 Å². The van der Waals surface area contributed by atoms with Crippen molar-refractivity contribution in [1.29, 1.82) is 5.26 Å². The van der Waals surface area contributed by atoms with Crippen LogP contribution >= 0.6 is 11.6 Å². The number of benzene rings is 2. The number of aromatic hydroxyl groups is 1. The van der Waals surface area contributed by atoms with Gasteiger partial charge in [0.1, 0.15) is 11.5 Å². The van der Waals surface area contributed by atoms with Crippen molar-refractivity contribution in [2.24, 2.45) is 0 Å². The van der Waals surface area contributed by atoms with Crippen LogP contribution in [0.2, 0.25) is 5.02 Å². The highest BCUT2D eigenvalue weighted by Gasteiger charge is 2.08. The lowest BCUT2D eigenvalue weighted by Crippen LogP contribution is -2.02. The van der Waals surface area contributed by atoms with Crippen molar-refractivity contribution in [3.8, 4) is 17.6 Å². The molecule has 2 rings (SSSR count). The molecule has 0 heterocycles. The maximum Gasteiger partial charge on any atom is 0.143 e. The van der Waals surface area contributed by atoms with Crippen molar-refractivity contribution in [2.45, 2.75) is 6.54 Å². The number of nitrogens with zero attached hydrogens (tertiary/aromatic N) is 1. The molecule has 0 radical (unpaired) electrons. The standard InChI is InChI=1S/C15H13ClN2O2/c1-20-15-7-10(8-17)5-6-13(15)18-9-11-12(16)3-2-4-14(11)19/h2-7,18-19H,9H2,1H3. The average molecular weight is 289 g/mol. The Kier molecular flexibility index (Phi) is 4.34. The van der Waals surface area contributed by atoms with Gasteiger partial charge in [-0.2, -0.15) is 5.26 Å². The molecule has 0 saturated carbocycles. The van der Waals surface area contributed by atoms with Crippen molar-refractivity contribution in [3.05, 3.63) is 52.5 Å². The normalized spacial score (nSPS) is 9.85. The fourth-order valence-corrected chi connectivity index (χ4v) is 2.05. The monoisotopic (exact) mass is 288 g/mol. The number of rotatable bonds is 4. The Bertz CT molecular complexity index is 645. The first-order valence-electron chi connectivity index (χ1n) is 5.94. The SMILES string of the molecule is COc1cc(C#N)ccc1NCc1c(O)cccc1Cl. The summed E-state index contributed by atoms with van der Waals surface area (Å²) in [5, 5.41) is 22.3. The maximum absolute atomic E-state index is 9.78. The molecule has 0 amide bonds. The van der Waals surface area contributed by atoms with Crippen LogP contribution in [0, 0.1) is 11.3 Å². The van der Waals surface area contributed by atoms with Gasteiger partial charge in [0.2, 0.25) is 0 Å². The van der Waals surface area contributed by atoms with E-state index >= 15 is 0 Å². The molecule has 20 heavy (non-hydrogen) atoms. The van der Waals surface area contributed by atoms with Crippen LogP contribution in [0.1, 0.15) is 11.1 Å². The van der Waals surface area contributed by atoms with E-state index in [2.05, 4.69) is 11.4 Å². The summed E-state index contributed by atoms with van der Waals surface area (Å²) in [6.45, 7) is 0.355. The molecular weight excluding hydrogens is 276 g/mol. The van der Waals surface area contributed by atoms with E-state index in [1.54, 1.807) is 36.4 Å². The van der Waals surface area contributed by atoms with Crippen molar-refractivity contribution < 1.29 is 9.84 Å². The van der Waals surface area contributed by atoms with Crippen molar-refractivity contribution in [3.63, 3.8) is 0 Å². The number of hydrogen-bond donors (Lipinski definition) is 2. The number of phenols is 1. The lowest BCUT2D eigenvalue weighted by molar-refractivity contribution is 0.416. The van der Waals surface area contributed by atoms with E-state index < -0.39 is 0 Å². The number of anilines is 1. The Labute approximate surface area is 122 Å². The summed E-state index contributed by atoms with van der Waals surface area (Å²) < 4.78 is 5.23. The lowest BCUT2D eigenvalue weighted by atomic mass is 10.1. The van der Waals surface area contributed by atoms with Crippen LogP contribution in [-0.2, 0) is 6.54 Å². The third-order valence-corrected chi connectivity index (χ3v) is 3.23. The molecule has 0 atom stereocenters. The van der Waals surface area contributed by atoms with Gasteiger partial charge in [-0.3, -0.25) is 0 Å². The number of phenolic OH excluding ortho intramolecular Hbond substituents is 1. The van der Waals surface area contributed by atoms with Gasteiger partial charge in [0.05, 0.1) is 24.4 Å². The third kappa shape index (κ3) is 2.95. The van der Waals surface area contributed by atoms with E-state index in [1.807, 2.05) is 0 Å². The summed E-state index contributed by atoms with van der Waals surface area (Å²) in [6, 6.07) is 12.1. The zero-order valence-corrected chi connectivity index (χ0v) is 11.6. The Hall–Kier alpha value is -2.38. The van der Waals surface area contributed by atoms with Gasteiger partial charge in [-0.25, -0.2) is 0 Å². The topological polar surface area (TPSA) is 65.3 Å². The molecule has 0 unspecified atom stereocenters. The second-order valence-electron chi connectivity index (χ2n) is 4.12. The van der Waals surface area contributed by atoms with E-state index in [9.17, 15) is 5.11 Å². The van der Waals surface area contributed by atoms with E-state index in [0.29, 0.717) is 28.4 Å². The summed E-state index contributed by atoms with van der Waals surface area (Å²) in [5.41, 5.74) is 1.86. The highest BCUT2D eigenvalue weighted by atomic mass is 35.5. The van der Waals surface area contributed by atoms with Gasteiger partial charge in [-0.1, -0.05) is 17.7 Å². The molecule has 0 saturated heterocycles. The first-order chi connectivity index (χ1) is 9.65. The quantitative estimate of drug-likeness (QED) is 0.903. The molecule has 2 aromatic carbocycles. The number of hydrogen-bond acceptors (Lipinski definition) is 4. The number of nitriles is 1. The molecule has 0 aliphatic carbocycles. The van der Waals surface area contributed by atoms with Crippen LogP contribution in [0.4, 0.5) is 5.69 Å². The highest BCUT2D eigenvalue weighted by Crippen LogP contribution is 2.29. The summed E-state index contributed by atoms with van der Waals surface area (Å²) in [4.78, 5) is 0. The summed E-state index contributed by atoms with van der Waals surface area (Å²) in [6.07, 6.45) is 0. The van der Waals surface area contributed by atoms with E-state index in [-0.39, 0.29) is 5.75 Å². The smallest absolute Gasteiger partial charge is 0.143 e. The minimum atomic E-state index is 0.137. The van der Waals surface area contributed by atoms with Crippen molar-refractivity contribution in [1.82, 2.24) is 0 Å². The molecule has 0 aliphatic heterocycles. The van der Waals surface area contributed by atoms with Crippen LogP contribution in [0.5, 0.6) is 11.5 Å². The largest absolute Gasteiger partial charge is 0.508 e. The van der Waals surface area contributed by atoms with Crippen molar-refractivity contribution >= 4 is 17.3 Å². The second kappa shape index (κ2) is 6.18. The Morgan fingerprint density at radius 2 is 2.15 bits per heavy atom. The van der Waals surface area contributed by atoms with E-state index in [4.69, 9.17) is 21.6 Å². The predicted octanol–water partition coefficient (Wildman–Crippen LogP) is 3.54. The molecule has 102 valence electrons. The zero-order valence-electron chi connectivity index (χ0n) is 10.9. The van der Waals surface area contributed by atoms with E-state index in [1.165, 1.54) is 7.11 Å². The summed E-state index contributed by atoms with van der Waals surface area (Å²) >= 11 is 6.04. The molecule has 4 nitrogen and oxygen atoms in total. The minimum absolute atomic E-state index is 0.137. The molecule has 5 heteroatoms. The molecule has 2 N–H and O–H groups in total. The average Bonchev–Trinajstić information content (AvgIpc) is 2.46. The van der Waals surface area contributed by atoms with E-state index in [0.717, 1.165) is 5.69 Å². The summed E-state index contributed by atoms with van der Waals surface area (Å²) in [7, 11) is 1.54. The van der Waals surface area contributed by atoms with Crippen LogP contribution < -0.4 is 10.1 Å². The molecule has 0 aromatic heterocycles. The van der Waals surface area contributed by atoms with Gasteiger partial charge in [-0.15, -0.1) is 0 Å². The Morgan fingerprint density at radius 3 is 2.80 bits per heavy atom. The summed E-state index contributed by atoms with van der Waals surface area (Å²) in [5.74, 6) is 0.702. The van der Waals surface area contributed by atoms with Crippen LogP contribution in [0.3, 0.4) is 0 Å². The van der Waals surface area contributed by atoms with Gasteiger partial charge in [0.15, 0.2) is 0 Å². The number of ether oxygens (including phenoxy) is 1. The second-order valence-corrected chi connectivity index (χ2v) is 4.53. The first-order valence-corrected chi connectivity index (χ1v) is 6.32. The Morgan fingerprint density at radius 1 is 1.35 bits per heavy atom. The third-order valence-electron chi connectivity index (χ3n) is 2.88. The maximum atomic E-state index is 9.78. The molecule has 0 bridgehead atoms. The minimum Gasteiger partial charge on any atom is -0.508 e. The lowest BCUT2D eigenvalue weighted by Gasteiger charge is -2.13. The van der Waals surface area contributed by atoms with Crippen molar-refractivity contribution in [2.75, 3.05) is 12.4 Å². The zero-order chi connectivity index (χ0) is 14.5. The van der Waals surface area contributed by atoms with Gasteiger partial charge >= 0.3 is 0 Å². The molecule has 0 aliphatic rings. The number of methoxy groups -OCH3 is 1. The number of halogens is 1. The van der Waals surface area contributed by atoms with Crippen LogP contribution in [0.15, 0.2) is 36.4 Å².